The van der Waals surface area contributed by atoms with Crippen LogP contribution in [-0.4, -0.2) is 9.49 Å². The van der Waals surface area contributed by atoms with Crippen LogP contribution in [-0.2, 0) is 12.0 Å². The van der Waals surface area contributed by atoms with E-state index < -0.39 is 4.92 Å². The molecule has 0 amide bonds. The van der Waals surface area contributed by atoms with Gasteiger partial charge >= 0.3 is 0 Å². The maximum Gasteiger partial charge on any atom is 0.285 e. The van der Waals surface area contributed by atoms with Gasteiger partial charge in [0, 0.05) is 12.1 Å². The fraction of sp³-hybridized carbons (Fsp3) is 0.312. The first-order valence-corrected chi connectivity index (χ1v) is 6.72. The van der Waals surface area contributed by atoms with Crippen molar-refractivity contribution in [2.75, 3.05) is 0 Å². The molecule has 5 nitrogen and oxygen atoms in total. The minimum atomic E-state index is -0.501. The van der Waals surface area contributed by atoms with Crippen LogP contribution < -0.4 is 5.56 Å². The van der Waals surface area contributed by atoms with Crippen LogP contribution in [0.2, 0.25) is 0 Å². The monoisotopic (exact) mass is 286 g/mol. The summed E-state index contributed by atoms with van der Waals surface area (Å²) in [4.78, 5) is 22.0. The van der Waals surface area contributed by atoms with E-state index in [2.05, 4.69) is 20.8 Å². The van der Waals surface area contributed by atoms with E-state index in [0.29, 0.717) is 6.54 Å². The molecule has 0 aliphatic rings. The number of pyridine rings is 1. The largest absolute Gasteiger partial charge is 0.304 e. The number of hydrogen-bond donors (Lipinski definition) is 0. The lowest BCUT2D eigenvalue weighted by molar-refractivity contribution is -0.385. The van der Waals surface area contributed by atoms with E-state index in [0.717, 1.165) is 5.56 Å². The molecule has 0 N–H and O–H groups in total. The van der Waals surface area contributed by atoms with Gasteiger partial charge in [-0.05, 0) is 16.5 Å². The zero-order valence-corrected chi connectivity index (χ0v) is 12.4. The molecule has 21 heavy (non-hydrogen) atoms. The summed E-state index contributed by atoms with van der Waals surface area (Å²) in [6.45, 7) is 6.72. The first-order chi connectivity index (χ1) is 9.77. The first-order valence-electron chi connectivity index (χ1n) is 6.72. The molecule has 0 unspecified atom stereocenters. The highest BCUT2D eigenvalue weighted by Crippen LogP contribution is 2.22. The second kappa shape index (κ2) is 5.52. The molecule has 0 radical (unpaired) electrons. The van der Waals surface area contributed by atoms with E-state index in [4.69, 9.17) is 0 Å². The van der Waals surface area contributed by atoms with Crippen LogP contribution in [0, 0.1) is 10.1 Å². The van der Waals surface area contributed by atoms with E-state index in [9.17, 15) is 14.9 Å². The van der Waals surface area contributed by atoms with Crippen molar-refractivity contribution in [3.63, 3.8) is 0 Å². The van der Waals surface area contributed by atoms with E-state index in [-0.39, 0.29) is 16.7 Å². The fourth-order valence-corrected chi connectivity index (χ4v) is 2.06. The lowest BCUT2D eigenvalue weighted by Gasteiger charge is -2.19. The Labute approximate surface area is 123 Å². The van der Waals surface area contributed by atoms with Gasteiger partial charge in [-0.1, -0.05) is 45.0 Å². The van der Waals surface area contributed by atoms with Crippen molar-refractivity contribution in [1.29, 1.82) is 0 Å². The number of nitro groups is 1. The highest BCUT2D eigenvalue weighted by Gasteiger charge is 2.13. The summed E-state index contributed by atoms with van der Waals surface area (Å²) in [7, 11) is 0. The molecular weight excluding hydrogens is 268 g/mol. The third-order valence-corrected chi connectivity index (χ3v) is 3.35. The van der Waals surface area contributed by atoms with Crippen molar-refractivity contribution in [1.82, 2.24) is 4.57 Å². The molecule has 0 saturated heterocycles. The molecule has 1 aromatic carbocycles. The Bertz CT molecular complexity index is 710. The zero-order valence-electron chi connectivity index (χ0n) is 12.4. The van der Waals surface area contributed by atoms with Crippen molar-refractivity contribution < 1.29 is 4.92 Å². The van der Waals surface area contributed by atoms with Crippen molar-refractivity contribution in [3.8, 4) is 0 Å². The first kappa shape index (κ1) is 15.0. The molecule has 0 atom stereocenters. The summed E-state index contributed by atoms with van der Waals surface area (Å²) < 4.78 is 1.35. The van der Waals surface area contributed by atoms with Gasteiger partial charge in [0.05, 0.1) is 17.7 Å². The molecule has 0 spiro atoms. The lowest BCUT2D eigenvalue weighted by Crippen LogP contribution is -2.19. The number of rotatable bonds is 3. The van der Waals surface area contributed by atoms with Crippen LogP contribution in [0.3, 0.4) is 0 Å². The predicted molar refractivity (Wildman–Crippen MR) is 81.6 cm³/mol. The maximum absolute atomic E-state index is 11.8. The predicted octanol–water partition coefficient (Wildman–Crippen LogP) is 3.10. The van der Waals surface area contributed by atoms with E-state index >= 15 is 0 Å². The topological polar surface area (TPSA) is 65.1 Å². The summed E-state index contributed by atoms with van der Waals surface area (Å²) in [6, 6.07) is 10.4. The Morgan fingerprint density at radius 1 is 1.10 bits per heavy atom. The molecule has 2 rings (SSSR count). The zero-order chi connectivity index (χ0) is 15.6. The standard InChI is InChI=1S/C16H18N2O3/c1-16(2,3)13-6-4-12(5-7-13)10-17-11-14(18(20)21)8-9-15(17)19/h4-9,11H,10H2,1-3H3. The van der Waals surface area contributed by atoms with E-state index in [1.807, 2.05) is 24.3 Å². The highest BCUT2D eigenvalue weighted by molar-refractivity contribution is 5.29. The van der Waals surface area contributed by atoms with Gasteiger partial charge in [-0.15, -0.1) is 0 Å². The Morgan fingerprint density at radius 2 is 1.71 bits per heavy atom. The number of benzene rings is 1. The fourth-order valence-electron chi connectivity index (χ4n) is 2.06. The number of hydrogen-bond acceptors (Lipinski definition) is 3. The van der Waals surface area contributed by atoms with Crippen LogP contribution in [0.4, 0.5) is 5.69 Å². The average Bonchev–Trinajstić information content (AvgIpc) is 2.40. The van der Waals surface area contributed by atoms with Gasteiger partial charge in [0.15, 0.2) is 0 Å². The second-order valence-corrected chi connectivity index (χ2v) is 6.06. The average molecular weight is 286 g/mol. The van der Waals surface area contributed by atoms with Crippen LogP contribution in [0.15, 0.2) is 47.4 Å². The number of aromatic nitrogens is 1. The third-order valence-electron chi connectivity index (χ3n) is 3.35. The smallest absolute Gasteiger partial charge is 0.285 e. The molecule has 1 heterocycles. The molecule has 0 saturated carbocycles. The van der Waals surface area contributed by atoms with E-state index in [1.54, 1.807) is 0 Å². The van der Waals surface area contributed by atoms with Gasteiger partial charge < -0.3 is 4.57 Å². The minimum Gasteiger partial charge on any atom is -0.304 e. The Hall–Kier alpha value is -2.43. The summed E-state index contributed by atoms with van der Waals surface area (Å²) in [5.74, 6) is 0. The van der Waals surface area contributed by atoms with E-state index in [1.165, 1.54) is 28.5 Å². The maximum atomic E-state index is 11.8. The number of nitrogens with zero attached hydrogens (tertiary/aromatic N) is 2. The van der Waals surface area contributed by atoms with Crippen LogP contribution in [0.5, 0.6) is 0 Å². The molecule has 0 aliphatic heterocycles. The van der Waals surface area contributed by atoms with Crippen LogP contribution >= 0.6 is 0 Å². The molecule has 1 aromatic heterocycles. The van der Waals surface area contributed by atoms with Crippen molar-refractivity contribution >= 4 is 5.69 Å². The van der Waals surface area contributed by atoms with Crippen molar-refractivity contribution in [2.45, 2.75) is 32.7 Å². The van der Waals surface area contributed by atoms with Gasteiger partial charge in [0.1, 0.15) is 0 Å². The molecular formula is C16H18N2O3. The lowest BCUT2D eigenvalue weighted by atomic mass is 9.87. The molecule has 0 fully saturated rings. The molecule has 0 aliphatic carbocycles. The Morgan fingerprint density at radius 3 is 2.24 bits per heavy atom. The summed E-state index contributed by atoms with van der Waals surface area (Å²) in [5.41, 5.74) is 1.88. The van der Waals surface area contributed by atoms with Gasteiger partial charge in [-0.2, -0.15) is 0 Å². The van der Waals surface area contributed by atoms with Gasteiger partial charge in [0.25, 0.3) is 11.2 Å². The summed E-state index contributed by atoms with van der Waals surface area (Å²) in [6.07, 6.45) is 1.28. The third kappa shape index (κ3) is 3.56. The van der Waals surface area contributed by atoms with Crippen LogP contribution in [0.1, 0.15) is 31.9 Å². The molecule has 110 valence electrons. The molecule has 2 aromatic rings. The quantitative estimate of drug-likeness (QED) is 0.643. The SMILES string of the molecule is CC(C)(C)c1ccc(Cn2cc([N+](=O)[O-])ccc2=O)cc1. The van der Waals surface area contributed by atoms with Gasteiger partial charge in [0.2, 0.25) is 0 Å². The highest BCUT2D eigenvalue weighted by atomic mass is 16.6. The van der Waals surface area contributed by atoms with Crippen molar-refractivity contribution in [2.24, 2.45) is 0 Å². The summed E-state index contributed by atoms with van der Waals surface area (Å²) in [5, 5.41) is 10.8. The van der Waals surface area contributed by atoms with Gasteiger partial charge in [-0.25, -0.2) is 0 Å². The normalized spacial score (nSPS) is 11.4. The van der Waals surface area contributed by atoms with Crippen molar-refractivity contribution in [3.05, 3.63) is 74.2 Å². The molecule has 0 bridgehead atoms. The molecule has 5 heteroatoms. The second-order valence-electron chi connectivity index (χ2n) is 6.06. The minimum absolute atomic E-state index is 0.0703. The Kier molecular flexibility index (Phi) is 3.93. The van der Waals surface area contributed by atoms with Gasteiger partial charge in [-0.3, -0.25) is 14.9 Å². The summed E-state index contributed by atoms with van der Waals surface area (Å²) >= 11 is 0. The van der Waals surface area contributed by atoms with Crippen LogP contribution in [0.25, 0.3) is 0 Å². The Balaban J connectivity index is 2.28.